The zero-order valence-electron chi connectivity index (χ0n) is 6.88. The number of aliphatic hydroxyl groups excluding tert-OH is 1. The van der Waals surface area contributed by atoms with Crippen molar-refractivity contribution in [2.45, 2.75) is 26.4 Å². The van der Waals surface area contributed by atoms with Crippen molar-refractivity contribution in [1.29, 1.82) is 0 Å². The average molecular weight is 143 g/mol. The Hall–Kier alpha value is -0.0800. The third-order valence-corrected chi connectivity index (χ3v) is 2.39. The number of rotatable bonds is 1. The molecule has 0 amide bonds. The predicted molar refractivity (Wildman–Crippen MR) is 41.9 cm³/mol. The van der Waals surface area contributed by atoms with Gasteiger partial charge in [-0.25, -0.2) is 0 Å². The first kappa shape index (κ1) is 8.02. The van der Waals surface area contributed by atoms with Crippen LogP contribution in [0.4, 0.5) is 0 Å². The van der Waals surface area contributed by atoms with Crippen LogP contribution in [-0.4, -0.2) is 35.7 Å². The topological polar surface area (TPSA) is 23.5 Å². The van der Waals surface area contributed by atoms with Crippen LogP contribution in [0.3, 0.4) is 0 Å². The molecule has 1 aliphatic rings. The van der Waals surface area contributed by atoms with Gasteiger partial charge in [0.15, 0.2) is 0 Å². The Balaban J connectivity index is 2.33. The highest BCUT2D eigenvalue weighted by Crippen LogP contribution is 2.15. The van der Waals surface area contributed by atoms with E-state index in [-0.39, 0.29) is 6.10 Å². The Kier molecular flexibility index (Phi) is 2.69. The zero-order chi connectivity index (χ0) is 7.56. The van der Waals surface area contributed by atoms with Gasteiger partial charge in [0.1, 0.15) is 0 Å². The van der Waals surface area contributed by atoms with Gasteiger partial charge in [-0.05, 0) is 18.9 Å². The third-order valence-electron chi connectivity index (χ3n) is 2.39. The van der Waals surface area contributed by atoms with Gasteiger partial charge in [-0.15, -0.1) is 0 Å². The van der Waals surface area contributed by atoms with E-state index < -0.39 is 0 Å². The van der Waals surface area contributed by atoms with E-state index in [4.69, 9.17) is 0 Å². The normalized spacial score (nSPS) is 36.3. The fourth-order valence-electron chi connectivity index (χ4n) is 1.51. The molecule has 0 unspecified atom stereocenters. The van der Waals surface area contributed by atoms with Gasteiger partial charge < -0.3 is 10.0 Å². The van der Waals surface area contributed by atoms with Crippen LogP contribution in [0.5, 0.6) is 0 Å². The van der Waals surface area contributed by atoms with Crippen molar-refractivity contribution in [2.24, 2.45) is 5.92 Å². The van der Waals surface area contributed by atoms with Crippen molar-refractivity contribution in [3.63, 3.8) is 0 Å². The molecule has 2 heteroatoms. The molecule has 0 saturated carbocycles. The van der Waals surface area contributed by atoms with E-state index in [1.807, 2.05) is 0 Å². The second-order valence-electron chi connectivity index (χ2n) is 3.23. The Bertz CT molecular complexity index is 105. The van der Waals surface area contributed by atoms with E-state index in [2.05, 4.69) is 18.7 Å². The summed E-state index contributed by atoms with van der Waals surface area (Å²) >= 11 is 0. The number of hydrogen-bond acceptors (Lipinski definition) is 2. The second-order valence-corrected chi connectivity index (χ2v) is 3.23. The van der Waals surface area contributed by atoms with Gasteiger partial charge in [0.05, 0.1) is 6.10 Å². The summed E-state index contributed by atoms with van der Waals surface area (Å²) in [7, 11) is 0. The maximum atomic E-state index is 9.36. The number of hydrogen-bond donors (Lipinski definition) is 1. The SMILES string of the molecule is CCN1CC[C@H](O)[C@@H](C)C1. The molecule has 10 heavy (non-hydrogen) atoms. The van der Waals surface area contributed by atoms with Crippen LogP contribution in [0.15, 0.2) is 0 Å². The van der Waals surface area contributed by atoms with Crippen LogP contribution >= 0.6 is 0 Å². The van der Waals surface area contributed by atoms with Crippen LogP contribution in [-0.2, 0) is 0 Å². The van der Waals surface area contributed by atoms with Gasteiger partial charge in [0.25, 0.3) is 0 Å². The first-order chi connectivity index (χ1) is 4.74. The molecule has 2 atom stereocenters. The van der Waals surface area contributed by atoms with Gasteiger partial charge in [-0.1, -0.05) is 13.8 Å². The van der Waals surface area contributed by atoms with E-state index in [9.17, 15) is 5.11 Å². The molecule has 0 aromatic heterocycles. The highest BCUT2D eigenvalue weighted by Gasteiger charge is 2.22. The maximum Gasteiger partial charge on any atom is 0.0590 e. The van der Waals surface area contributed by atoms with Crippen molar-refractivity contribution in [2.75, 3.05) is 19.6 Å². The lowest BCUT2D eigenvalue weighted by molar-refractivity contribution is 0.0373. The van der Waals surface area contributed by atoms with Gasteiger partial charge in [0, 0.05) is 13.1 Å². The lowest BCUT2D eigenvalue weighted by Gasteiger charge is -2.33. The van der Waals surface area contributed by atoms with E-state index >= 15 is 0 Å². The van der Waals surface area contributed by atoms with Gasteiger partial charge in [-0.2, -0.15) is 0 Å². The van der Waals surface area contributed by atoms with Crippen LogP contribution < -0.4 is 0 Å². The molecule has 1 heterocycles. The van der Waals surface area contributed by atoms with E-state index in [0.29, 0.717) is 5.92 Å². The van der Waals surface area contributed by atoms with E-state index in [1.165, 1.54) is 0 Å². The highest BCUT2D eigenvalue weighted by atomic mass is 16.3. The first-order valence-corrected chi connectivity index (χ1v) is 4.14. The summed E-state index contributed by atoms with van der Waals surface area (Å²) in [6.07, 6.45) is 0.900. The average Bonchev–Trinajstić information content (AvgIpc) is 1.95. The van der Waals surface area contributed by atoms with E-state index in [1.54, 1.807) is 0 Å². The summed E-state index contributed by atoms with van der Waals surface area (Å²) in [5, 5.41) is 9.36. The molecule has 0 bridgehead atoms. The Labute approximate surface area is 62.8 Å². The number of aliphatic hydroxyl groups is 1. The minimum atomic E-state index is -0.0530. The second kappa shape index (κ2) is 3.35. The maximum absolute atomic E-state index is 9.36. The number of nitrogens with zero attached hydrogens (tertiary/aromatic N) is 1. The van der Waals surface area contributed by atoms with Crippen molar-refractivity contribution >= 4 is 0 Å². The molecule has 0 aromatic carbocycles. The summed E-state index contributed by atoms with van der Waals surface area (Å²) in [5.74, 6) is 0.466. The fraction of sp³-hybridized carbons (Fsp3) is 1.00. The molecule has 1 fully saturated rings. The minimum Gasteiger partial charge on any atom is -0.393 e. The van der Waals surface area contributed by atoms with Gasteiger partial charge >= 0.3 is 0 Å². The lowest BCUT2D eigenvalue weighted by atomic mass is 9.97. The van der Waals surface area contributed by atoms with Crippen molar-refractivity contribution in [3.05, 3.63) is 0 Å². The lowest BCUT2D eigenvalue weighted by Crippen LogP contribution is -2.41. The molecule has 1 rings (SSSR count). The zero-order valence-corrected chi connectivity index (χ0v) is 6.88. The molecule has 1 aliphatic heterocycles. The Morgan fingerprint density at radius 2 is 2.30 bits per heavy atom. The third kappa shape index (κ3) is 1.70. The number of likely N-dealkylation sites (tertiary alicyclic amines) is 1. The molecule has 0 aliphatic carbocycles. The number of piperidine rings is 1. The van der Waals surface area contributed by atoms with Crippen LogP contribution in [0.25, 0.3) is 0 Å². The monoisotopic (exact) mass is 143 g/mol. The smallest absolute Gasteiger partial charge is 0.0590 e. The van der Waals surface area contributed by atoms with E-state index in [0.717, 1.165) is 26.1 Å². The molecule has 1 N–H and O–H groups in total. The fourth-order valence-corrected chi connectivity index (χ4v) is 1.51. The highest BCUT2D eigenvalue weighted by molar-refractivity contribution is 4.75. The first-order valence-electron chi connectivity index (χ1n) is 4.14. The summed E-state index contributed by atoms with van der Waals surface area (Å²) < 4.78 is 0. The summed E-state index contributed by atoms with van der Waals surface area (Å²) in [5.41, 5.74) is 0. The molecular weight excluding hydrogens is 126 g/mol. The molecule has 0 radical (unpaired) electrons. The van der Waals surface area contributed by atoms with Crippen LogP contribution in [0.2, 0.25) is 0 Å². The molecule has 1 saturated heterocycles. The molecule has 0 spiro atoms. The van der Waals surface area contributed by atoms with Crippen LogP contribution in [0.1, 0.15) is 20.3 Å². The largest absolute Gasteiger partial charge is 0.393 e. The summed E-state index contributed by atoms with van der Waals surface area (Å²) in [6.45, 7) is 7.55. The molecule has 60 valence electrons. The van der Waals surface area contributed by atoms with Crippen molar-refractivity contribution in [3.8, 4) is 0 Å². The summed E-state index contributed by atoms with van der Waals surface area (Å²) in [6, 6.07) is 0. The van der Waals surface area contributed by atoms with Gasteiger partial charge in [-0.3, -0.25) is 0 Å². The minimum absolute atomic E-state index is 0.0530. The Morgan fingerprint density at radius 1 is 1.60 bits per heavy atom. The molecule has 2 nitrogen and oxygen atoms in total. The summed E-state index contributed by atoms with van der Waals surface area (Å²) in [4.78, 5) is 2.39. The standard InChI is InChI=1S/C8H17NO/c1-3-9-5-4-8(10)7(2)6-9/h7-8,10H,3-6H2,1-2H3/t7-,8-/m0/s1. The predicted octanol–water partition coefficient (Wildman–Crippen LogP) is 0.709. The quantitative estimate of drug-likeness (QED) is 0.584. The van der Waals surface area contributed by atoms with Gasteiger partial charge in [0.2, 0.25) is 0 Å². The molecular formula is C8H17NO. The van der Waals surface area contributed by atoms with Crippen molar-refractivity contribution < 1.29 is 5.11 Å². The Morgan fingerprint density at radius 3 is 2.80 bits per heavy atom. The van der Waals surface area contributed by atoms with Crippen molar-refractivity contribution in [1.82, 2.24) is 4.90 Å². The van der Waals surface area contributed by atoms with Crippen LogP contribution in [0, 0.1) is 5.92 Å². The molecule has 0 aromatic rings.